The topological polar surface area (TPSA) is 0 Å². The van der Waals surface area contributed by atoms with Gasteiger partial charge < -0.3 is 0 Å². The van der Waals surface area contributed by atoms with E-state index in [0.29, 0.717) is 5.88 Å². The van der Waals surface area contributed by atoms with Crippen LogP contribution in [0.1, 0.15) is 6.92 Å². The van der Waals surface area contributed by atoms with Crippen molar-refractivity contribution in [2.75, 3.05) is 5.88 Å². The van der Waals surface area contributed by atoms with Gasteiger partial charge in [0.2, 0.25) is 0 Å². The molecular weight excluding hydrogens is 106 g/mol. The third-order valence-corrected chi connectivity index (χ3v) is 0.503. The molecule has 1 radical (unpaired) electrons. The maximum absolute atomic E-state index is 5.21. The van der Waals surface area contributed by atoms with Crippen LogP contribution >= 0.6 is 11.6 Å². The van der Waals surface area contributed by atoms with Crippen LogP contribution < -0.4 is 0 Å². The van der Waals surface area contributed by atoms with E-state index in [1.54, 1.807) is 0 Å². The molecule has 0 amide bonds. The van der Waals surface area contributed by atoms with Crippen molar-refractivity contribution in [1.29, 1.82) is 0 Å². The number of hydrogen-bond acceptors (Lipinski definition) is 0. The molecule has 0 N–H and O–H groups in total. The van der Waals surface area contributed by atoms with Crippen LogP contribution in [0.25, 0.3) is 0 Å². The standard InChI is InChI=1S/C4H7Cl.Na/c1-2-3-4-5;/h2-3H,4H2,1H3;. The van der Waals surface area contributed by atoms with E-state index in [0.717, 1.165) is 0 Å². The van der Waals surface area contributed by atoms with Crippen molar-refractivity contribution in [3.63, 3.8) is 0 Å². The van der Waals surface area contributed by atoms with Crippen molar-refractivity contribution in [2.45, 2.75) is 6.92 Å². The molecule has 0 aliphatic heterocycles. The van der Waals surface area contributed by atoms with Gasteiger partial charge in [0.05, 0.1) is 0 Å². The van der Waals surface area contributed by atoms with E-state index in [9.17, 15) is 0 Å². The zero-order valence-electron chi connectivity index (χ0n) is 4.24. The minimum absolute atomic E-state index is 0. The predicted octanol–water partition coefficient (Wildman–Crippen LogP) is 1.42. The van der Waals surface area contributed by atoms with Gasteiger partial charge in [-0.05, 0) is 6.92 Å². The van der Waals surface area contributed by atoms with Crippen LogP contribution in [-0.2, 0) is 0 Å². The van der Waals surface area contributed by atoms with Crippen molar-refractivity contribution >= 4 is 41.2 Å². The monoisotopic (exact) mass is 113 g/mol. The fourth-order valence-corrected chi connectivity index (χ4v) is 0.267. The number of rotatable bonds is 1. The molecule has 0 unspecified atom stereocenters. The summed E-state index contributed by atoms with van der Waals surface area (Å²) in [5.74, 6) is 0.635. The molecule has 0 aromatic carbocycles. The maximum Gasteiger partial charge on any atom is 0.0404 e. The molecule has 0 saturated carbocycles. The second-order valence-electron chi connectivity index (χ2n) is 0.723. The zero-order valence-corrected chi connectivity index (χ0v) is 7.00. The summed E-state index contributed by atoms with van der Waals surface area (Å²) < 4.78 is 0. The van der Waals surface area contributed by atoms with E-state index >= 15 is 0 Å². The Morgan fingerprint density at radius 2 is 2.17 bits per heavy atom. The second kappa shape index (κ2) is 9.39. The Morgan fingerprint density at radius 1 is 1.67 bits per heavy atom. The molecule has 0 aromatic heterocycles. The molecule has 0 bridgehead atoms. The predicted molar refractivity (Wildman–Crippen MR) is 31.3 cm³/mol. The van der Waals surface area contributed by atoms with Gasteiger partial charge in [-0.15, -0.1) is 11.6 Å². The van der Waals surface area contributed by atoms with Crippen LogP contribution in [0.3, 0.4) is 0 Å². The first-order chi connectivity index (χ1) is 2.41. The summed E-state index contributed by atoms with van der Waals surface area (Å²) in [5, 5.41) is 0. The molecule has 0 nitrogen and oxygen atoms in total. The van der Waals surface area contributed by atoms with Crippen molar-refractivity contribution in [3.05, 3.63) is 12.2 Å². The Balaban J connectivity index is 0. The summed E-state index contributed by atoms with van der Waals surface area (Å²) in [6.07, 6.45) is 3.81. The molecular formula is C4H7ClNa. The normalized spacial score (nSPS) is 8.33. The Kier molecular flexibility index (Phi) is 15.8. The van der Waals surface area contributed by atoms with Gasteiger partial charge >= 0.3 is 0 Å². The molecule has 0 aliphatic rings. The summed E-state index contributed by atoms with van der Waals surface area (Å²) >= 11 is 5.21. The van der Waals surface area contributed by atoms with E-state index in [2.05, 4.69) is 0 Å². The molecule has 0 atom stereocenters. The minimum Gasteiger partial charge on any atom is -0.122 e. The van der Waals surface area contributed by atoms with Gasteiger partial charge in [0.15, 0.2) is 0 Å². The molecule has 0 aromatic rings. The maximum atomic E-state index is 5.21. The number of halogens is 1. The third-order valence-electron chi connectivity index (χ3n) is 0.325. The van der Waals surface area contributed by atoms with Crippen molar-refractivity contribution in [2.24, 2.45) is 0 Å². The summed E-state index contributed by atoms with van der Waals surface area (Å²) in [6.45, 7) is 1.95. The van der Waals surface area contributed by atoms with Gasteiger partial charge in [-0.25, -0.2) is 0 Å². The molecule has 31 valence electrons. The Morgan fingerprint density at radius 3 is 2.17 bits per heavy atom. The number of alkyl halides is 1. The Hall–Kier alpha value is 1.03. The number of allylic oxidation sites excluding steroid dienone is 2. The zero-order chi connectivity index (χ0) is 4.12. The van der Waals surface area contributed by atoms with E-state index in [1.807, 2.05) is 19.1 Å². The first-order valence-electron chi connectivity index (χ1n) is 1.59. The van der Waals surface area contributed by atoms with Gasteiger partial charge in [-0.1, -0.05) is 12.2 Å². The van der Waals surface area contributed by atoms with Crippen LogP contribution in [0.5, 0.6) is 0 Å². The van der Waals surface area contributed by atoms with E-state index in [-0.39, 0.29) is 29.6 Å². The van der Waals surface area contributed by atoms with Gasteiger partial charge in [0.1, 0.15) is 0 Å². The smallest absolute Gasteiger partial charge is 0.0404 e. The molecule has 0 saturated heterocycles. The third kappa shape index (κ3) is 8.90. The summed E-state index contributed by atoms with van der Waals surface area (Å²) in [5.41, 5.74) is 0. The van der Waals surface area contributed by atoms with Crippen molar-refractivity contribution in [3.8, 4) is 0 Å². The van der Waals surface area contributed by atoms with Crippen LogP contribution in [0.15, 0.2) is 12.2 Å². The number of hydrogen-bond donors (Lipinski definition) is 0. The van der Waals surface area contributed by atoms with Crippen LogP contribution in [-0.4, -0.2) is 35.4 Å². The summed E-state index contributed by atoms with van der Waals surface area (Å²) in [4.78, 5) is 0. The largest absolute Gasteiger partial charge is 0.122 e. The molecule has 2 heteroatoms. The van der Waals surface area contributed by atoms with Crippen LogP contribution in [0.4, 0.5) is 0 Å². The van der Waals surface area contributed by atoms with E-state index < -0.39 is 0 Å². The SMILES string of the molecule is CC=CCCl.[Na]. The first-order valence-corrected chi connectivity index (χ1v) is 2.12. The fraction of sp³-hybridized carbons (Fsp3) is 0.500. The average Bonchev–Trinajstić information content (AvgIpc) is 1.41. The molecule has 0 rings (SSSR count). The Labute approximate surface area is 65.9 Å². The second-order valence-corrected chi connectivity index (χ2v) is 1.03. The van der Waals surface area contributed by atoms with Gasteiger partial charge in [-0.2, -0.15) is 0 Å². The molecule has 6 heavy (non-hydrogen) atoms. The Bertz CT molecular complexity index is 34.5. The quantitative estimate of drug-likeness (QED) is 0.274. The van der Waals surface area contributed by atoms with Crippen LogP contribution in [0, 0.1) is 0 Å². The van der Waals surface area contributed by atoms with Gasteiger partial charge in [0, 0.05) is 35.4 Å². The first kappa shape index (κ1) is 10.1. The van der Waals surface area contributed by atoms with E-state index in [1.165, 1.54) is 0 Å². The van der Waals surface area contributed by atoms with Gasteiger partial charge in [0.25, 0.3) is 0 Å². The van der Waals surface area contributed by atoms with Crippen molar-refractivity contribution < 1.29 is 0 Å². The molecule has 0 fully saturated rings. The fourth-order valence-electron chi connectivity index (χ4n) is 0.0891. The van der Waals surface area contributed by atoms with E-state index in [4.69, 9.17) is 11.6 Å². The van der Waals surface area contributed by atoms with Gasteiger partial charge in [-0.3, -0.25) is 0 Å². The molecule has 0 heterocycles. The van der Waals surface area contributed by atoms with Crippen LogP contribution in [0.2, 0.25) is 0 Å². The van der Waals surface area contributed by atoms with Crippen molar-refractivity contribution in [1.82, 2.24) is 0 Å². The minimum atomic E-state index is 0. The summed E-state index contributed by atoms with van der Waals surface area (Å²) in [6, 6.07) is 0. The molecule has 0 spiro atoms. The molecule has 0 aliphatic carbocycles. The average molecular weight is 114 g/mol. The summed E-state index contributed by atoms with van der Waals surface area (Å²) in [7, 11) is 0.